The molecule has 0 amide bonds. The quantitative estimate of drug-likeness (QED) is 0.0222. The monoisotopic (exact) mass is 1280 g/mol. The van der Waals surface area contributed by atoms with Crippen LogP contribution in [0.3, 0.4) is 0 Å². The Hall–Kier alpha value is -1.94. The molecule has 0 rings (SSSR count). The van der Waals surface area contributed by atoms with Crippen LogP contribution in [0, 0.1) is 11.8 Å². The zero-order valence-corrected chi connectivity index (χ0v) is 58.1. The predicted molar refractivity (Wildman–Crippen MR) is 349 cm³/mol. The van der Waals surface area contributed by atoms with Crippen molar-refractivity contribution in [2.75, 3.05) is 39.6 Å². The van der Waals surface area contributed by atoms with Crippen molar-refractivity contribution in [1.82, 2.24) is 0 Å². The van der Waals surface area contributed by atoms with Crippen molar-refractivity contribution in [3.63, 3.8) is 0 Å². The van der Waals surface area contributed by atoms with Crippen molar-refractivity contribution in [3.05, 3.63) is 0 Å². The molecule has 0 aliphatic rings. The average molecular weight is 1280 g/mol. The third-order valence-corrected chi connectivity index (χ3v) is 18.0. The van der Waals surface area contributed by atoms with Gasteiger partial charge in [0.2, 0.25) is 0 Å². The van der Waals surface area contributed by atoms with E-state index in [1.807, 2.05) is 0 Å². The number of aliphatic hydroxyl groups excluding tert-OH is 1. The maximum absolute atomic E-state index is 13.0. The highest BCUT2D eigenvalue weighted by Gasteiger charge is 2.30. The molecule has 0 saturated carbocycles. The summed E-state index contributed by atoms with van der Waals surface area (Å²) < 4.78 is 68.1. The molecule has 0 aromatic carbocycles. The number of phosphoric ester groups is 2. The Labute approximate surface area is 530 Å². The van der Waals surface area contributed by atoms with Gasteiger partial charge in [0.05, 0.1) is 26.4 Å². The molecule has 0 aliphatic carbocycles. The van der Waals surface area contributed by atoms with E-state index < -0.39 is 97.5 Å². The SMILES string of the molecule is CCCCCCCCCCCCCCCCCCCCC(=O)O[C@H](COC(=O)CCCCCCCCCCC(C)C)COP(=O)(O)OC[C@@H](O)COP(=O)(O)OC[C@@H](COC(=O)CCCCCCCCCC)OC(=O)CCCCCCCCC(C)CC. The summed E-state index contributed by atoms with van der Waals surface area (Å²) in [6.07, 6.45) is 44.6. The van der Waals surface area contributed by atoms with Crippen molar-refractivity contribution in [2.45, 2.75) is 362 Å². The van der Waals surface area contributed by atoms with E-state index in [9.17, 15) is 43.2 Å². The molecule has 3 unspecified atom stereocenters. The molecule has 3 N–H and O–H groups in total. The molecule has 19 heteroatoms. The summed E-state index contributed by atoms with van der Waals surface area (Å²) in [5, 5.41) is 10.6. The lowest BCUT2D eigenvalue weighted by atomic mass is 10.00. The minimum Gasteiger partial charge on any atom is -0.462 e. The van der Waals surface area contributed by atoms with Gasteiger partial charge in [-0.1, -0.05) is 292 Å². The van der Waals surface area contributed by atoms with Crippen LogP contribution in [-0.4, -0.2) is 96.7 Å². The van der Waals surface area contributed by atoms with Gasteiger partial charge in [0, 0.05) is 25.7 Å². The average Bonchev–Trinajstić information content (AvgIpc) is 3.71. The van der Waals surface area contributed by atoms with Crippen LogP contribution in [0.2, 0.25) is 0 Å². The van der Waals surface area contributed by atoms with Crippen molar-refractivity contribution in [2.24, 2.45) is 11.8 Å². The largest absolute Gasteiger partial charge is 0.472 e. The lowest BCUT2D eigenvalue weighted by Gasteiger charge is -2.21. The van der Waals surface area contributed by atoms with E-state index in [1.54, 1.807) is 0 Å². The Bertz CT molecular complexity index is 1700. The molecule has 6 atom stereocenters. The van der Waals surface area contributed by atoms with Crippen LogP contribution < -0.4 is 0 Å². The summed E-state index contributed by atoms with van der Waals surface area (Å²) in [5.41, 5.74) is 0. The van der Waals surface area contributed by atoms with Crippen LogP contribution in [0.25, 0.3) is 0 Å². The molecule has 87 heavy (non-hydrogen) atoms. The molecular weight excluding hydrogens is 1150 g/mol. The first-order valence-corrected chi connectivity index (χ1v) is 38.5. The summed E-state index contributed by atoms with van der Waals surface area (Å²) in [4.78, 5) is 72.3. The van der Waals surface area contributed by atoms with Crippen molar-refractivity contribution in [1.29, 1.82) is 0 Å². The van der Waals surface area contributed by atoms with Crippen LogP contribution >= 0.6 is 15.6 Å². The van der Waals surface area contributed by atoms with Crippen LogP contribution in [0.15, 0.2) is 0 Å². The van der Waals surface area contributed by atoms with Gasteiger partial charge in [-0.25, -0.2) is 9.13 Å². The molecule has 0 fully saturated rings. The maximum atomic E-state index is 13.0. The summed E-state index contributed by atoms with van der Waals surface area (Å²) >= 11 is 0. The molecule has 0 aromatic heterocycles. The Morgan fingerprint density at radius 3 is 0.874 bits per heavy atom. The van der Waals surface area contributed by atoms with Crippen LogP contribution in [-0.2, 0) is 65.4 Å². The molecule has 0 aromatic rings. The highest BCUT2D eigenvalue weighted by Crippen LogP contribution is 2.45. The molecule has 0 radical (unpaired) electrons. The maximum Gasteiger partial charge on any atom is 0.472 e. The molecule has 0 spiro atoms. The Balaban J connectivity index is 5.19. The predicted octanol–water partition coefficient (Wildman–Crippen LogP) is 19.2. The number of ether oxygens (including phenoxy) is 4. The second-order valence-electron chi connectivity index (χ2n) is 25.3. The first-order chi connectivity index (χ1) is 41.9. The molecular formula is C68H132O17P2. The van der Waals surface area contributed by atoms with Crippen LogP contribution in [0.1, 0.15) is 343 Å². The van der Waals surface area contributed by atoms with Gasteiger partial charge in [-0.05, 0) is 37.5 Å². The van der Waals surface area contributed by atoms with Crippen molar-refractivity contribution in [3.8, 4) is 0 Å². The van der Waals surface area contributed by atoms with E-state index in [-0.39, 0.29) is 25.7 Å². The van der Waals surface area contributed by atoms with Gasteiger partial charge < -0.3 is 33.8 Å². The van der Waals surface area contributed by atoms with E-state index in [0.29, 0.717) is 25.7 Å². The van der Waals surface area contributed by atoms with Gasteiger partial charge in [0.1, 0.15) is 19.3 Å². The van der Waals surface area contributed by atoms with Crippen molar-refractivity contribution < 1.29 is 80.2 Å². The molecule has 516 valence electrons. The summed E-state index contributed by atoms with van der Waals surface area (Å²) in [6, 6.07) is 0. The smallest absolute Gasteiger partial charge is 0.462 e. The van der Waals surface area contributed by atoms with E-state index in [4.69, 9.17) is 37.0 Å². The normalized spacial score (nSPS) is 14.5. The number of esters is 4. The fourth-order valence-electron chi connectivity index (χ4n) is 10.2. The highest BCUT2D eigenvalue weighted by molar-refractivity contribution is 7.47. The fraction of sp³-hybridized carbons (Fsp3) is 0.941. The first-order valence-electron chi connectivity index (χ1n) is 35.5. The third kappa shape index (κ3) is 61.3. The van der Waals surface area contributed by atoms with Gasteiger partial charge >= 0.3 is 39.5 Å². The summed E-state index contributed by atoms with van der Waals surface area (Å²) in [7, 11) is -9.89. The Morgan fingerprint density at radius 1 is 0.333 bits per heavy atom. The van der Waals surface area contributed by atoms with Gasteiger partial charge in [-0.15, -0.1) is 0 Å². The summed E-state index contributed by atoms with van der Waals surface area (Å²) in [5.74, 6) is -0.687. The molecule has 17 nitrogen and oxygen atoms in total. The second-order valence-corrected chi connectivity index (χ2v) is 28.2. The first kappa shape index (κ1) is 85.1. The number of aliphatic hydroxyl groups is 1. The standard InChI is InChI=1S/C68H132O17P2/c1-7-10-12-14-16-18-19-20-21-22-23-24-25-26-27-33-40-46-52-67(72)84-63(56-79-66(71)51-45-39-32-29-28-30-36-42-48-60(4)5)58-82-86(74,75)80-54-62(69)55-81-87(76,77)83-59-64(57-78-65(70)50-44-38-31-17-15-13-11-8-2)85-68(73)53-47-41-35-34-37-43-49-61(6)9-3/h60-64,69H,7-59H2,1-6H3,(H,74,75)(H,76,77)/t61?,62-,63-,64-/m1/s1. The van der Waals surface area contributed by atoms with Gasteiger partial charge in [-0.2, -0.15) is 0 Å². The third-order valence-electron chi connectivity index (χ3n) is 16.1. The fourth-order valence-corrected chi connectivity index (χ4v) is 11.8. The number of phosphoric acid groups is 2. The van der Waals surface area contributed by atoms with E-state index >= 15 is 0 Å². The number of unbranched alkanes of at least 4 members (excludes halogenated alkanes) is 36. The topological polar surface area (TPSA) is 237 Å². The number of hydrogen-bond acceptors (Lipinski definition) is 15. The lowest BCUT2D eigenvalue weighted by Crippen LogP contribution is -2.30. The zero-order chi connectivity index (χ0) is 64.3. The Kier molecular flexibility index (Phi) is 59.0. The zero-order valence-electron chi connectivity index (χ0n) is 56.3. The highest BCUT2D eigenvalue weighted by atomic mass is 31.2. The number of hydrogen-bond donors (Lipinski definition) is 3. The van der Waals surface area contributed by atoms with Crippen LogP contribution in [0.5, 0.6) is 0 Å². The van der Waals surface area contributed by atoms with Gasteiger partial charge in [0.25, 0.3) is 0 Å². The van der Waals surface area contributed by atoms with Crippen LogP contribution in [0.4, 0.5) is 0 Å². The minimum atomic E-state index is -4.95. The number of rotatable bonds is 67. The summed E-state index contributed by atoms with van der Waals surface area (Å²) in [6.45, 7) is 9.42. The van der Waals surface area contributed by atoms with E-state index in [0.717, 1.165) is 108 Å². The molecule has 0 aliphatic heterocycles. The molecule has 0 bridgehead atoms. The minimum absolute atomic E-state index is 0.103. The molecule has 0 saturated heterocycles. The van der Waals surface area contributed by atoms with Crippen molar-refractivity contribution >= 4 is 39.5 Å². The second kappa shape index (κ2) is 60.3. The lowest BCUT2D eigenvalue weighted by molar-refractivity contribution is -0.161. The van der Waals surface area contributed by atoms with E-state index in [1.165, 1.54) is 154 Å². The van der Waals surface area contributed by atoms with Gasteiger partial charge in [-0.3, -0.25) is 37.3 Å². The van der Waals surface area contributed by atoms with E-state index in [2.05, 4.69) is 41.5 Å². The molecule has 0 heterocycles. The van der Waals surface area contributed by atoms with Gasteiger partial charge in [0.15, 0.2) is 12.2 Å². The number of carbonyl (C=O) groups is 4. The Morgan fingerprint density at radius 2 is 0.586 bits per heavy atom. The number of carbonyl (C=O) groups excluding carboxylic acids is 4.